The highest BCUT2D eigenvalue weighted by atomic mass is 16.7. The molecule has 106 valence electrons. The molecule has 6 heteroatoms. The Morgan fingerprint density at radius 3 is 2.28 bits per heavy atom. The van der Waals surface area contributed by atoms with E-state index >= 15 is 0 Å². The molecule has 0 saturated heterocycles. The van der Waals surface area contributed by atoms with E-state index in [9.17, 15) is 9.59 Å². The summed E-state index contributed by atoms with van der Waals surface area (Å²) in [6.07, 6.45) is 0.703. The molecule has 0 aliphatic heterocycles. The second-order valence-corrected chi connectivity index (χ2v) is 5.01. The van der Waals surface area contributed by atoms with Gasteiger partial charge in [0, 0.05) is 7.05 Å². The lowest BCUT2D eigenvalue weighted by Crippen LogP contribution is -2.48. The number of likely N-dealkylation sites (N-methyl/N-ethyl adjacent to an activating group) is 1. The molecular weight excluding hydrogens is 236 g/mol. The molecule has 18 heavy (non-hydrogen) atoms. The number of nitrogens with one attached hydrogen (secondary N) is 1. The van der Waals surface area contributed by atoms with E-state index in [0.717, 1.165) is 11.5 Å². The van der Waals surface area contributed by atoms with Crippen molar-refractivity contribution in [3.8, 4) is 0 Å². The van der Waals surface area contributed by atoms with Crippen LogP contribution in [0, 0.1) is 0 Å². The molecule has 0 aromatic rings. The lowest BCUT2D eigenvalue weighted by Gasteiger charge is -2.25. The number of ether oxygens (including phenoxy) is 1. The first-order valence-electron chi connectivity index (χ1n) is 6.02. The predicted molar refractivity (Wildman–Crippen MR) is 67.8 cm³/mol. The Balaban J connectivity index is 4.53. The number of alkyl carbamates (subject to hydrolysis) is 1. The molecule has 0 saturated carbocycles. The predicted octanol–water partition coefficient (Wildman–Crippen LogP) is 1.70. The SMILES string of the molecule is CCCC(NC(=O)OC(C)(C)C)C(=O)N(C)OC. The second-order valence-electron chi connectivity index (χ2n) is 5.01. The van der Waals surface area contributed by atoms with Gasteiger partial charge in [-0.1, -0.05) is 13.3 Å². The van der Waals surface area contributed by atoms with Crippen molar-refractivity contribution in [3.63, 3.8) is 0 Å². The molecule has 0 rings (SSSR count). The second kappa shape index (κ2) is 7.20. The van der Waals surface area contributed by atoms with Crippen molar-refractivity contribution in [2.75, 3.05) is 14.2 Å². The molecule has 0 heterocycles. The zero-order chi connectivity index (χ0) is 14.3. The lowest BCUT2D eigenvalue weighted by molar-refractivity contribution is -0.171. The van der Waals surface area contributed by atoms with Gasteiger partial charge in [0.25, 0.3) is 5.91 Å². The number of carbonyl (C=O) groups excluding carboxylic acids is 2. The molecule has 6 nitrogen and oxygen atoms in total. The highest BCUT2D eigenvalue weighted by molar-refractivity contribution is 5.84. The zero-order valence-corrected chi connectivity index (χ0v) is 12.1. The summed E-state index contributed by atoms with van der Waals surface area (Å²) in [7, 11) is 2.90. The van der Waals surface area contributed by atoms with Crippen LogP contribution in [0.2, 0.25) is 0 Å². The summed E-state index contributed by atoms with van der Waals surface area (Å²) in [5.74, 6) is -0.301. The standard InChI is InChI=1S/C12H24N2O4/c1-7-8-9(10(15)14(5)17-6)13-11(16)18-12(2,3)4/h9H,7-8H2,1-6H3,(H,13,16). The van der Waals surface area contributed by atoms with Gasteiger partial charge in [0.15, 0.2) is 0 Å². The average Bonchev–Trinajstić information content (AvgIpc) is 2.23. The third-order valence-electron chi connectivity index (χ3n) is 2.15. The van der Waals surface area contributed by atoms with Gasteiger partial charge in [-0.3, -0.25) is 9.63 Å². The maximum absolute atomic E-state index is 11.9. The number of hydrogen-bond acceptors (Lipinski definition) is 4. The van der Waals surface area contributed by atoms with E-state index in [4.69, 9.17) is 9.57 Å². The molecule has 2 amide bonds. The van der Waals surface area contributed by atoms with Gasteiger partial charge < -0.3 is 10.1 Å². The molecule has 0 aromatic carbocycles. The van der Waals surface area contributed by atoms with Crippen LogP contribution in [0.4, 0.5) is 4.79 Å². The summed E-state index contributed by atoms with van der Waals surface area (Å²) < 4.78 is 5.12. The van der Waals surface area contributed by atoms with Crippen LogP contribution >= 0.6 is 0 Å². The molecule has 0 aromatic heterocycles. The molecule has 0 aliphatic rings. The van der Waals surface area contributed by atoms with E-state index in [0.29, 0.717) is 6.42 Å². The molecular formula is C12H24N2O4. The average molecular weight is 260 g/mol. The van der Waals surface area contributed by atoms with Crippen LogP contribution in [-0.2, 0) is 14.4 Å². The molecule has 0 fully saturated rings. The number of amides is 2. The first kappa shape index (κ1) is 16.7. The summed E-state index contributed by atoms with van der Waals surface area (Å²) in [4.78, 5) is 28.3. The van der Waals surface area contributed by atoms with Gasteiger partial charge in [-0.05, 0) is 27.2 Å². The highest BCUT2D eigenvalue weighted by Gasteiger charge is 2.26. The van der Waals surface area contributed by atoms with Gasteiger partial charge in [0.05, 0.1) is 7.11 Å². The van der Waals surface area contributed by atoms with Crippen molar-refractivity contribution in [2.24, 2.45) is 0 Å². The molecule has 0 radical (unpaired) electrons. The Bertz CT molecular complexity index is 286. The van der Waals surface area contributed by atoms with E-state index in [2.05, 4.69) is 5.32 Å². The first-order chi connectivity index (χ1) is 8.21. The van der Waals surface area contributed by atoms with Crippen LogP contribution in [0.5, 0.6) is 0 Å². The molecule has 1 atom stereocenters. The van der Waals surface area contributed by atoms with Crippen molar-refractivity contribution in [1.29, 1.82) is 0 Å². The fourth-order valence-corrected chi connectivity index (χ4v) is 1.31. The third kappa shape index (κ3) is 6.44. The Labute approximate surface area is 109 Å². The van der Waals surface area contributed by atoms with Gasteiger partial charge in [-0.2, -0.15) is 0 Å². The largest absolute Gasteiger partial charge is 0.444 e. The first-order valence-corrected chi connectivity index (χ1v) is 6.02. The van der Waals surface area contributed by atoms with E-state index in [-0.39, 0.29) is 5.91 Å². The van der Waals surface area contributed by atoms with Crippen LogP contribution in [-0.4, -0.2) is 42.9 Å². The minimum absolute atomic E-state index is 0.301. The molecule has 1 unspecified atom stereocenters. The Morgan fingerprint density at radius 1 is 1.33 bits per heavy atom. The van der Waals surface area contributed by atoms with Crippen LogP contribution in [0.1, 0.15) is 40.5 Å². The van der Waals surface area contributed by atoms with Crippen molar-refractivity contribution in [3.05, 3.63) is 0 Å². The summed E-state index contributed by atoms with van der Waals surface area (Å²) >= 11 is 0. The fraction of sp³-hybridized carbons (Fsp3) is 0.833. The minimum Gasteiger partial charge on any atom is -0.444 e. The monoisotopic (exact) mass is 260 g/mol. The topological polar surface area (TPSA) is 67.9 Å². The summed E-state index contributed by atoms with van der Waals surface area (Å²) in [6, 6.07) is -0.630. The smallest absolute Gasteiger partial charge is 0.408 e. The molecule has 1 N–H and O–H groups in total. The normalized spacial score (nSPS) is 12.8. The number of nitrogens with zero attached hydrogens (tertiary/aromatic N) is 1. The molecule has 0 spiro atoms. The maximum atomic E-state index is 11.9. The fourth-order valence-electron chi connectivity index (χ4n) is 1.31. The summed E-state index contributed by atoms with van der Waals surface area (Å²) in [5.41, 5.74) is -0.586. The number of hydroxylamine groups is 2. The summed E-state index contributed by atoms with van der Waals surface area (Å²) in [6.45, 7) is 7.24. The van der Waals surface area contributed by atoms with Gasteiger partial charge in [-0.25, -0.2) is 9.86 Å². The van der Waals surface area contributed by atoms with Gasteiger partial charge in [0.2, 0.25) is 0 Å². The maximum Gasteiger partial charge on any atom is 0.408 e. The van der Waals surface area contributed by atoms with Crippen molar-refractivity contribution in [2.45, 2.75) is 52.2 Å². The van der Waals surface area contributed by atoms with E-state index in [1.807, 2.05) is 6.92 Å². The summed E-state index contributed by atoms with van der Waals surface area (Å²) in [5, 5.41) is 3.65. The van der Waals surface area contributed by atoms with E-state index in [1.54, 1.807) is 20.8 Å². The van der Waals surface area contributed by atoms with Gasteiger partial charge >= 0.3 is 6.09 Å². The molecule has 0 bridgehead atoms. The van der Waals surface area contributed by atoms with Gasteiger partial charge in [-0.15, -0.1) is 0 Å². The van der Waals surface area contributed by atoms with E-state index in [1.165, 1.54) is 14.2 Å². The van der Waals surface area contributed by atoms with Crippen LogP contribution < -0.4 is 5.32 Å². The van der Waals surface area contributed by atoms with Crippen LogP contribution in [0.3, 0.4) is 0 Å². The van der Waals surface area contributed by atoms with Crippen molar-refractivity contribution < 1.29 is 19.2 Å². The quantitative estimate of drug-likeness (QED) is 0.764. The van der Waals surface area contributed by atoms with Crippen molar-refractivity contribution in [1.82, 2.24) is 10.4 Å². The Hall–Kier alpha value is -1.30. The Kier molecular flexibility index (Phi) is 6.68. The van der Waals surface area contributed by atoms with Crippen LogP contribution in [0.25, 0.3) is 0 Å². The number of rotatable bonds is 5. The third-order valence-corrected chi connectivity index (χ3v) is 2.15. The lowest BCUT2D eigenvalue weighted by atomic mass is 10.1. The minimum atomic E-state index is -0.630. The van der Waals surface area contributed by atoms with Crippen molar-refractivity contribution >= 4 is 12.0 Å². The highest BCUT2D eigenvalue weighted by Crippen LogP contribution is 2.08. The zero-order valence-electron chi connectivity index (χ0n) is 12.1. The number of hydrogen-bond donors (Lipinski definition) is 1. The van der Waals surface area contributed by atoms with Gasteiger partial charge in [0.1, 0.15) is 11.6 Å². The van der Waals surface area contributed by atoms with Crippen LogP contribution in [0.15, 0.2) is 0 Å². The molecule has 0 aliphatic carbocycles. The Morgan fingerprint density at radius 2 is 1.89 bits per heavy atom. The number of carbonyl (C=O) groups is 2. The van der Waals surface area contributed by atoms with E-state index < -0.39 is 17.7 Å².